The molecule has 338 valence electrons. The zero-order valence-electron chi connectivity index (χ0n) is 39.0. The number of hydrogen-bond donors (Lipinski definition) is 0. The Morgan fingerprint density at radius 1 is 0.368 bits per heavy atom. The Morgan fingerprint density at radius 2 is 0.667 bits per heavy atom. The van der Waals surface area contributed by atoms with Gasteiger partial charge in [-0.05, 0) is 31.1 Å². The maximum Gasteiger partial charge on any atom is 0.306 e. The Morgan fingerprint density at radius 3 is 1.00 bits per heavy atom. The van der Waals surface area contributed by atoms with Gasteiger partial charge in [-0.15, -0.1) is 0 Å². The zero-order chi connectivity index (χ0) is 41.9. The normalized spacial score (nSPS) is 12.5. The second kappa shape index (κ2) is 44.0. The van der Waals surface area contributed by atoms with Crippen molar-refractivity contribution in [3.8, 4) is 0 Å². The highest BCUT2D eigenvalue weighted by Gasteiger charge is 2.19. The number of rotatable bonds is 45. The first-order valence-electron chi connectivity index (χ1n) is 25.3. The van der Waals surface area contributed by atoms with Crippen molar-refractivity contribution in [3.05, 3.63) is 0 Å². The number of carbonyl (C=O) groups excluding carboxylic acids is 3. The van der Waals surface area contributed by atoms with Crippen molar-refractivity contribution < 1.29 is 28.6 Å². The van der Waals surface area contributed by atoms with E-state index in [0.717, 1.165) is 69.6 Å². The van der Waals surface area contributed by atoms with Crippen LogP contribution < -0.4 is 0 Å². The van der Waals surface area contributed by atoms with Gasteiger partial charge in [-0.3, -0.25) is 14.4 Å². The molecule has 0 aliphatic rings. The highest BCUT2D eigenvalue weighted by atomic mass is 16.6. The lowest BCUT2D eigenvalue weighted by Crippen LogP contribution is -2.30. The van der Waals surface area contributed by atoms with E-state index in [0.29, 0.717) is 19.3 Å². The van der Waals surface area contributed by atoms with Gasteiger partial charge < -0.3 is 14.2 Å². The summed E-state index contributed by atoms with van der Waals surface area (Å²) in [6.07, 6.45) is 43.6. The molecule has 57 heavy (non-hydrogen) atoms. The summed E-state index contributed by atoms with van der Waals surface area (Å²) >= 11 is 0. The molecule has 6 nitrogen and oxygen atoms in total. The third kappa shape index (κ3) is 43.8. The van der Waals surface area contributed by atoms with Crippen LogP contribution in [-0.4, -0.2) is 37.2 Å². The first kappa shape index (κ1) is 55.4. The lowest BCUT2D eigenvalue weighted by molar-refractivity contribution is -0.167. The van der Waals surface area contributed by atoms with E-state index in [1.54, 1.807) is 0 Å². The van der Waals surface area contributed by atoms with Crippen LogP contribution in [0.3, 0.4) is 0 Å². The van der Waals surface area contributed by atoms with Crippen LogP contribution in [0.5, 0.6) is 0 Å². The minimum atomic E-state index is -0.761. The van der Waals surface area contributed by atoms with Crippen LogP contribution in [0.2, 0.25) is 0 Å². The quantitative estimate of drug-likeness (QED) is 0.0346. The van der Waals surface area contributed by atoms with Crippen molar-refractivity contribution in [3.63, 3.8) is 0 Å². The van der Waals surface area contributed by atoms with Gasteiger partial charge in [0.25, 0.3) is 0 Å². The Hall–Kier alpha value is -1.59. The van der Waals surface area contributed by atoms with Crippen LogP contribution in [0, 0.1) is 11.8 Å². The van der Waals surface area contributed by atoms with Gasteiger partial charge >= 0.3 is 17.9 Å². The third-order valence-electron chi connectivity index (χ3n) is 11.8. The van der Waals surface area contributed by atoms with Crippen molar-refractivity contribution in [1.29, 1.82) is 0 Å². The van der Waals surface area contributed by atoms with Gasteiger partial charge in [0, 0.05) is 19.3 Å². The minimum absolute atomic E-state index is 0.0642. The summed E-state index contributed by atoms with van der Waals surface area (Å²) in [6, 6.07) is 0. The Balaban J connectivity index is 4.33. The number of esters is 3. The summed E-state index contributed by atoms with van der Waals surface area (Å²) in [7, 11) is 0. The van der Waals surface area contributed by atoms with E-state index >= 15 is 0 Å². The molecule has 0 aliphatic heterocycles. The third-order valence-corrected chi connectivity index (χ3v) is 11.8. The minimum Gasteiger partial charge on any atom is -0.462 e. The molecule has 2 atom stereocenters. The second-order valence-electron chi connectivity index (χ2n) is 18.2. The fourth-order valence-electron chi connectivity index (χ4n) is 7.60. The van der Waals surface area contributed by atoms with E-state index < -0.39 is 6.10 Å². The van der Waals surface area contributed by atoms with E-state index in [9.17, 15) is 14.4 Å². The number of carbonyl (C=O) groups is 3. The van der Waals surface area contributed by atoms with Crippen molar-refractivity contribution >= 4 is 17.9 Å². The van der Waals surface area contributed by atoms with Crippen molar-refractivity contribution in [2.24, 2.45) is 11.8 Å². The molecule has 0 saturated heterocycles. The largest absolute Gasteiger partial charge is 0.462 e. The molecule has 0 radical (unpaired) electrons. The maximum atomic E-state index is 12.8. The molecule has 0 amide bonds. The number of hydrogen-bond acceptors (Lipinski definition) is 6. The van der Waals surface area contributed by atoms with Crippen molar-refractivity contribution in [2.75, 3.05) is 13.2 Å². The van der Waals surface area contributed by atoms with Crippen LogP contribution in [0.15, 0.2) is 0 Å². The Kier molecular flexibility index (Phi) is 42.7. The molecule has 6 heteroatoms. The van der Waals surface area contributed by atoms with Gasteiger partial charge in [-0.2, -0.15) is 0 Å². The van der Waals surface area contributed by atoms with Gasteiger partial charge in [-0.1, -0.05) is 240 Å². The molecule has 0 bridgehead atoms. The van der Waals surface area contributed by atoms with Crippen LogP contribution >= 0.6 is 0 Å². The Bertz CT molecular complexity index is 872. The highest BCUT2D eigenvalue weighted by molar-refractivity contribution is 5.71. The summed E-state index contributed by atoms with van der Waals surface area (Å²) in [5, 5.41) is 0. The molecular formula is C51H98O6. The van der Waals surface area contributed by atoms with E-state index in [2.05, 4.69) is 34.6 Å². The summed E-state index contributed by atoms with van der Waals surface area (Å²) in [4.78, 5) is 37.9. The average molecular weight is 807 g/mol. The summed E-state index contributed by atoms with van der Waals surface area (Å²) in [6.45, 7) is 11.4. The standard InChI is InChI=1S/C51H98O6/c1-6-8-9-10-11-12-13-14-15-21-26-31-36-41-49(52)55-44-48(57-51(54)43-38-33-28-23-18-19-24-29-34-39-46(3)4)45-56-50(53)42-37-32-27-22-17-16-20-25-30-35-40-47(5)7-2/h46-48H,6-45H2,1-5H3/t47?,48-/m0/s1. The molecule has 0 N–H and O–H groups in total. The van der Waals surface area contributed by atoms with Crippen LogP contribution in [0.1, 0.15) is 279 Å². The first-order valence-corrected chi connectivity index (χ1v) is 25.3. The van der Waals surface area contributed by atoms with E-state index in [4.69, 9.17) is 14.2 Å². The van der Waals surface area contributed by atoms with Gasteiger partial charge in [0.1, 0.15) is 13.2 Å². The second-order valence-corrected chi connectivity index (χ2v) is 18.2. The topological polar surface area (TPSA) is 78.9 Å². The van der Waals surface area contributed by atoms with Crippen LogP contribution in [-0.2, 0) is 28.6 Å². The molecule has 0 heterocycles. The number of ether oxygens (including phenoxy) is 3. The molecule has 0 fully saturated rings. The summed E-state index contributed by atoms with van der Waals surface area (Å²) < 4.78 is 16.8. The molecular weight excluding hydrogens is 709 g/mol. The van der Waals surface area contributed by atoms with Crippen LogP contribution in [0.25, 0.3) is 0 Å². The molecule has 0 aliphatic carbocycles. The van der Waals surface area contributed by atoms with Gasteiger partial charge in [0.05, 0.1) is 0 Å². The van der Waals surface area contributed by atoms with Gasteiger partial charge in [0.2, 0.25) is 0 Å². The lowest BCUT2D eigenvalue weighted by Gasteiger charge is -2.18. The highest BCUT2D eigenvalue weighted by Crippen LogP contribution is 2.18. The van der Waals surface area contributed by atoms with Crippen LogP contribution in [0.4, 0.5) is 0 Å². The van der Waals surface area contributed by atoms with Gasteiger partial charge in [-0.25, -0.2) is 0 Å². The smallest absolute Gasteiger partial charge is 0.306 e. The molecule has 0 rings (SSSR count). The molecule has 0 aromatic heterocycles. The number of unbranched alkanes of at least 4 members (excludes halogenated alkanes) is 29. The predicted octanol–water partition coefficient (Wildman–Crippen LogP) is 16.1. The SMILES string of the molecule is CCCCCCCCCCCCCCCC(=O)OC[C@@H](COC(=O)CCCCCCCCCCCCC(C)CC)OC(=O)CCCCCCCCCCCC(C)C. The first-order chi connectivity index (χ1) is 27.8. The van der Waals surface area contributed by atoms with Crippen molar-refractivity contribution in [1.82, 2.24) is 0 Å². The maximum absolute atomic E-state index is 12.8. The lowest BCUT2D eigenvalue weighted by atomic mass is 9.99. The fourth-order valence-corrected chi connectivity index (χ4v) is 7.60. The van der Waals surface area contributed by atoms with E-state index in [1.165, 1.54) is 167 Å². The van der Waals surface area contributed by atoms with E-state index in [-0.39, 0.29) is 31.1 Å². The van der Waals surface area contributed by atoms with Crippen molar-refractivity contribution in [2.45, 2.75) is 285 Å². The molecule has 0 aromatic carbocycles. The summed E-state index contributed by atoms with van der Waals surface area (Å²) in [5.41, 5.74) is 0. The monoisotopic (exact) mass is 807 g/mol. The van der Waals surface area contributed by atoms with E-state index in [1.807, 2.05) is 0 Å². The fraction of sp³-hybridized carbons (Fsp3) is 0.941. The Labute approximate surface area is 355 Å². The summed E-state index contributed by atoms with van der Waals surface area (Å²) in [5.74, 6) is 0.824. The zero-order valence-corrected chi connectivity index (χ0v) is 39.0. The molecule has 0 saturated carbocycles. The molecule has 0 spiro atoms. The average Bonchev–Trinajstić information content (AvgIpc) is 3.19. The molecule has 1 unspecified atom stereocenters. The molecule has 0 aromatic rings. The van der Waals surface area contributed by atoms with Gasteiger partial charge in [0.15, 0.2) is 6.10 Å². The predicted molar refractivity (Wildman–Crippen MR) is 243 cm³/mol.